The molecular weight excluding hydrogens is 534 g/mol. The SMILES string of the molecule is CN(C)C=O.N#CC(=C(O)CSc1nnc(-c2ccc(Cl)cc2)n1-c1ccccc1)c1nc2ccccc2[nH]1. The maximum absolute atomic E-state index is 10.8. The summed E-state index contributed by atoms with van der Waals surface area (Å²) in [6.07, 6.45) is 0.750. The number of benzene rings is 3. The van der Waals surface area contributed by atoms with Crippen LogP contribution in [0.15, 0.2) is 89.8 Å². The molecule has 0 unspecified atom stereocenters. The van der Waals surface area contributed by atoms with Crippen molar-refractivity contribution in [3.8, 4) is 23.1 Å². The number of nitrogens with zero attached hydrogens (tertiary/aromatic N) is 6. The molecule has 1 amide bonds. The summed E-state index contributed by atoms with van der Waals surface area (Å²) in [5.41, 5.74) is 3.34. The fraction of sp³-hybridized carbons (Fsp3) is 0.107. The van der Waals surface area contributed by atoms with E-state index in [2.05, 4.69) is 26.2 Å². The van der Waals surface area contributed by atoms with Crippen molar-refractivity contribution < 1.29 is 9.90 Å². The lowest BCUT2D eigenvalue weighted by Gasteiger charge is -2.10. The second-order valence-corrected chi connectivity index (χ2v) is 9.76. The molecule has 39 heavy (non-hydrogen) atoms. The van der Waals surface area contributed by atoms with Gasteiger partial charge < -0.3 is 15.0 Å². The van der Waals surface area contributed by atoms with Gasteiger partial charge >= 0.3 is 0 Å². The van der Waals surface area contributed by atoms with Crippen LogP contribution in [0.4, 0.5) is 0 Å². The Balaban J connectivity index is 0.000000648. The van der Waals surface area contributed by atoms with E-state index in [0.29, 0.717) is 21.8 Å². The Kier molecular flexibility index (Phi) is 8.99. The predicted molar refractivity (Wildman–Crippen MR) is 154 cm³/mol. The minimum Gasteiger partial charge on any atom is -0.510 e. The first kappa shape index (κ1) is 27.4. The number of allylic oxidation sites excluding steroid dienone is 1. The molecule has 196 valence electrons. The molecule has 0 saturated carbocycles. The number of amides is 1. The molecular formula is C28H24ClN7O2S. The van der Waals surface area contributed by atoms with Crippen molar-refractivity contribution in [1.29, 1.82) is 5.26 Å². The zero-order valence-electron chi connectivity index (χ0n) is 21.1. The van der Waals surface area contributed by atoms with Crippen molar-refractivity contribution in [1.82, 2.24) is 29.6 Å². The van der Waals surface area contributed by atoms with Gasteiger partial charge in [-0.05, 0) is 48.5 Å². The highest BCUT2D eigenvalue weighted by molar-refractivity contribution is 7.99. The van der Waals surface area contributed by atoms with Gasteiger partial charge in [0.2, 0.25) is 6.41 Å². The number of halogens is 1. The van der Waals surface area contributed by atoms with Gasteiger partial charge in [0.05, 0.1) is 16.8 Å². The Morgan fingerprint density at radius 2 is 1.74 bits per heavy atom. The maximum atomic E-state index is 10.8. The average Bonchev–Trinajstić information content (AvgIpc) is 3.58. The fourth-order valence-corrected chi connectivity index (χ4v) is 4.45. The summed E-state index contributed by atoms with van der Waals surface area (Å²) in [6, 6.07) is 26.6. The van der Waals surface area contributed by atoms with Crippen LogP contribution in [0, 0.1) is 11.3 Å². The van der Waals surface area contributed by atoms with Crippen molar-refractivity contribution in [2.45, 2.75) is 5.16 Å². The number of aromatic nitrogens is 5. The van der Waals surface area contributed by atoms with E-state index >= 15 is 0 Å². The first-order chi connectivity index (χ1) is 18.9. The van der Waals surface area contributed by atoms with Crippen molar-refractivity contribution >= 4 is 46.4 Å². The number of hydrogen-bond donors (Lipinski definition) is 2. The molecule has 0 spiro atoms. The van der Waals surface area contributed by atoms with Gasteiger partial charge in [0, 0.05) is 30.4 Å². The van der Waals surface area contributed by atoms with Gasteiger partial charge in [-0.2, -0.15) is 5.26 Å². The molecule has 5 aromatic rings. The number of carbonyl (C=O) groups is 1. The Morgan fingerprint density at radius 3 is 2.38 bits per heavy atom. The minimum atomic E-state index is -0.0952. The summed E-state index contributed by atoms with van der Waals surface area (Å²) in [7, 11) is 3.38. The fourth-order valence-electron chi connectivity index (χ4n) is 3.49. The molecule has 2 aromatic heterocycles. The van der Waals surface area contributed by atoms with Crippen LogP contribution in [-0.4, -0.2) is 61.0 Å². The number of thioether (sulfide) groups is 1. The molecule has 0 aliphatic rings. The standard InChI is InChI=1S/C25H17ClN6OS.C3H7NO/c26-17-12-10-16(11-13-17)24-30-31-25(32(24)18-6-2-1-3-7-18)34-15-22(33)19(14-27)23-28-20-8-4-5-9-21(20)29-23;1-4(2)3-5/h1-13,33H,15H2,(H,28,29);3H,1-2H3. The minimum absolute atomic E-state index is 0.0902. The van der Waals surface area contributed by atoms with Gasteiger partial charge in [-0.25, -0.2) is 4.98 Å². The molecule has 0 saturated heterocycles. The quantitative estimate of drug-likeness (QED) is 0.113. The summed E-state index contributed by atoms with van der Waals surface area (Å²) >= 11 is 7.33. The Bertz CT molecular complexity index is 1610. The van der Waals surface area contributed by atoms with E-state index in [1.165, 1.54) is 16.7 Å². The molecule has 3 aromatic carbocycles. The normalized spacial score (nSPS) is 11.2. The number of aromatic amines is 1. The number of nitriles is 1. The number of H-pyrrole nitrogens is 1. The largest absolute Gasteiger partial charge is 0.510 e. The first-order valence-corrected chi connectivity index (χ1v) is 13.1. The van der Waals surface area contributed by atoms with E-state index in [1.807, 2.05) is 71.3 Å². The molecule has 0 fully saturated rings. The molecule has 0 radical (unpaired) electrons. The topological polar surface area (TPSA) is 124 Å². The summed E-state index contributed by atoms with van der Waals surface area (Å²) in [5.74, 6) is 0.993. The van der Waals surface area contributed by atoms with Crippen molar-refractivity contribution in [2.75, 3.05) is 19.8 Å². The van der Waals surface area contributed by atoms with Gasteiger partial charge in [0.25, 0.3) is 0 Å². The highest BCUT2D eigenvalue weighted by atomic mass is 35.5. The second-order valence-electron chi connectivity index (χ2n) is 8.38. The lowest BCUT2D eigenvalue weighted by molar-refractivity contribution is -0.115. The maximum Gasteiger partial charge on any atom is 0.209 e. The number of imidazole rings is 1. The number of fused-ring (bicyclic) bond motifs is 1. The summed E-state index contributed by atoms with van der Waals surface area (Å²) < 4.78 is 1.91. The van der Waals surface area contributed by atoms with Gasteiger partial charge in [-0.1, -0.05) is 53.7 Å². The van der Waals surface area contributed by atoms with Gasteiger partial charge in [-0.3, -0.25) is 9.36 Å². The van der Waals surface area contributed by atoms with E-state index in [-0.39, 0.29) is 17.1 Å². The number of para-hydroxylation sites is 3. The smallest absolute Gasteiger partial charge is 0.209 e. The van der Waals surface area contributed by atoms with E-state index in [9.17, 15) is 15.2 Å². The Hall–Kier alpha value is -4.59. The average molecular weight is 558 g/mol. The van der Waals surface area contributed by atoms with Crippen LogP contribution in [0.1, 0.15) is 5.82 Å². The van der Waals surface area contributed by atoms with Crippen LogP contribution in [0.5, 0.6) is 0 Å². The molecule has 2 N–H and O–H groups in total. The number of aliphatic hydroxyl groups excluding tert-OH is 1. The zero-order chi connectivity index (χ0) is 27.8. The molecule has 0 bridgehead atoms. The van der Waals surface area contributed by atoms with Crippen LogP contribution in [-0.2, 0) is 4.79 Å². The third kappa shape index (κ3) is 6.65. The highest BCUT2D eigenvalue weighted by Gasteiger charge is 2.19. The number of carbonyl (C=O) groups excluding carboxylic acids is 1. The van der Waals surface area contributed by atoms with Crippen molar-refractivity contribution in [3.63, 3.8) is 0 Å². The lowest BCUT2D eigenvalue weighted by Crippen LogP contribution is -2.06. The van der Waals surface area contributed by atoms with E-state index < -0.39 is 0 Å². The first-order valence-electron chi connectivity index (χ1n) is 11.7. The van der Waals surface area contributed by atoms with Crippen LogP contribution < -0.4 is 0 Å². The van der Waals surface area contributed by atoms with Crippen LogP contribution in [0.3, 0.4) is 0 Å². The molecule has 2 heterocycles. The van der Waals surface area contributed by atoms with E-state index in [4.69, 9.17) is 11.6 Å². The van der Waals surface area contributed by atoms with E-state index in [1.54, 1.807) is 26.2 Å². The molecule has 9 nitrogen and oxygen atoms in total. The summed E-state index contributed by atoms with van der Waals surface area (Å²) in [5, 5.41) is 30.4. The molecule has 0 aliphatic carbocycles. The van der Waals surface area contributed by atoms with Gasteiger partial charge in [0.1, 0.15) is 17.4 Å². The monoisotopic (exact) mass is 557 g/mol. The lowest BCUT2D eigenvalue weighted by atomic mass is 10.2. The number of aliphatic hydroxyl groups is 1. The molecule has 5 rings (SSSR count). The second kappa shape index (κ2) is 12.8. The van der Waals surface area contributed by atoms with Gasteiger partial charge in [0.15, 0.2) is 16.8 Å². The molecule has 0 atom stereocenters. The zero-order valence-corrected chi connectivity index (χ0v) is 22.7. The number of nitrogens with one attached hydrogen (secondary N) is 1. The number of hydrogen-bond acceptors (Lipinski definition) is 7. The van der Waals surface area contributed by atoms with Gasteiger partial charge in [-0.15, -0.1) is 10.2 Å². The Labute approximate surface area is 234 Å². The van der Waals surface area contributed by atoms with Crippen molar-refractivity contribution in [3.05, 3.63) is 95.5 Å². The molecule has 11 heteroatoms. The van der Waals surface area contributed by atoms with E-state index in [0.717, 1.165) is 28.7 Å². The summed E-state index contributed by atoms with van der Waals surface area (Å²) in [4.78, 5) is 18.4. The Morgan fingerprint density at radius 1 is 1.08 bits per heavy atom. The third-order valence-electron chi connectivity index (χ3n) is 5.33. The third-order valence-corrected chi connectivity index (χ3v) is 6.52. The predicted octanol–water partition coefficient (Wildman–Crippen LogP) is 5.75. The summed E-state index contributed by atoms with van der Waals surface area (Å²) in [6.45, 7) is 0. The highest BCUT2D eigenvalue weighted by Crippen LogP contribution is 2.30. The van der Waals surface area contributed by atoms with Crippen LogP contribution in [0.2, 0.25) is 5.02 Å². The molecule has 0 aliphatic heterocycles. The number of rotatable bonds is 7. The van der Waals surface area contributed by atoms with Crippen LogP contribution in [0.25, 0.3) is 33.7 Å². The van der Waals surface area contributed by atoms with Crippen LogP contribution >= 0.6 is 23.4 Å². The van der Waals surface area contributed by atoms with Crippen molar-refractivity contribution in [2.24, 2.45) is 0 Å².